The number of benzene rings is 3. The third kappa shape index (κ3) is 6.14. The van der Waals surface area contributed by atoms with Gasteiger partial charge in [0.2, 0.25) is 0 Å². The summed E-state index contributed by atoms with van der Waals surface area (Å²) in [4.78, 5) is 17.2. The molecular formula is C28H22FN3O3S. The van der Waals surface area contributed by atoms with E-state index in [0.29, 0.717) is 34.4 Å². The van der Waals surface area contributed by atoms with E-state index in [2.05, 4.69) is 10.3 Å². The molecule has 3 aromatic carbocycles. The zero-order valence-electron chi connectivity index (χ0n) is 19.4. The minimum Gasteiger partial charge on any atom is -0.490 e. The monoisotopic (exact) mass is 499 g/mol. The van der Waals surface area contributed by atoms with Gasteiger partial charge in [-0.3, -0.25) is 10.1 Å². The van der Waals surface area contributed by atoms with Gasteiger partial charge in [-0.2, -0.15) is 5.26 Å². The number of ether oxygens (including phenoxy) is 2. The van der Waals surface area contributed by atoms with Crippen molar-refractivity contribution in [1.29, 1.82) is 5.26 Å². The summed E-state index contributed by atoms with van der Waals surface area (Å²) in [5.74, 6) is -0.0655. The molecule has 1 N–H and O–H groups in total. The van der Waals surface area contributed by atoms with Crippen molar-refractivity contribution in [2.45, 2.75) is 13.5 Å². The Kier molecular flexibility index (Phi) is 8.06. The number of nitriles is 1. The summed E-state index contributed by atoms with van der Waals surface area (Å²) in [6, 6.07) is 23.0. The second kappa shape index (κ2) is 11.8. The highest BCUT2D eigenvalue weighted by molar-refractivity contribution is 7.14. The van der Waals surface area contributed by atoms with Crippen molar-refractivity contribution in [3.8, 4) is 28.8 Å². The van der Waals surface area contributed by atoms with E-state index >= 15 is 0 Å². The van der Waals surface area contributed by atoms with E-state index in [9.17, 15) is 14.4 Å². The van der Waals surface area contributed by atoms with E-state index in [1.165, 1.54) is 23.5 Å². The molecule has 8 heteroatoms. The first-order valence-corrected chi connectivity index (χ1v) is 12.0. The van der Waals surface area contributed by atoms with Crippen molar-refractivity contribution < 1.29 is 18.7 Å². The van der Waals surface area contributed by atoms with Crippen molar-refractivity contribution in [1.82, 2.24) is 4.98 Å². The molecule has 0 radical (unpaired) electrons. The molecule has 4 aromatic rings. The summed E-state index contributed by atoms with van der Waals surface area (Å²) in [5.41, 5.74) is 2.59. The topological polar surface area (TPSA) is 84.2 Å². The zero-order chi connectivity index (χ0) is 25.3. The molecule has 0 aliphatic rings. The van der Waals surface area contributed by atoms with Gasteiger partial charge in [0.05, 0.1) is 12.3 Å². The Labute approximate surface area is 212 Å². The second-order valence-corrected chi connectivity index (χ2v) is 8.41. The van der Waals surface area contributed by atoms with Gasteiger partial charge in [0.25, 0.3) is 5.91 Å². The number of hydrogen-bond donors (Lipinski definition) is 1. The number of rotatable bonds is 9. The average molecular weight is 500 g/mol. The number of carbonyl (C=O) groups excluding carboxylic acids is 1. The van der Waals surface area contributed by atoms with Crippen molar-refractivity contribution >= 4 is 28.5 Å². The van der Waals surface area contributed by atoms with Crippen LogP contribution < -0.4 is 14.8 Å². The molecule has 1 aromatic heterocycles. The Balaban J connectivity index is 1.49. The molecule has 0 saturated heterocycles. The maximum atomic E-state index is 13.9. The number of thiazole rings is 1. The van der Waals surface area contributed by atoms with Gasteiger partial charge in [-0.1, -0.05) is 54.6 Å². The van der Waals surface area contributed by atoms with Gasteiger partial charge in [-0.25, -0.2) is 9.37 Å². The molecule has 0 spiro atoms. The lowest BCUT2D eigenvalue weighted by Gasteiger charge is -2.13. The quantitative estimate of drug-likeness (QED) is 0.211. The van der Waals surface area contributed by atoms with E-state index in [1.54, 1.807) is 36.4 Å². The summed E-state index contributed by atoms with van der Waals surface area (Å²) in [6.07, 6.45) is 1.46. The molecule has 0 fully saturated rings. The normalized spacial score (nSPS) is 11.0. The molecule has 36 heavy (non-hydrogen) atoms. The maximum absolute atomic E-state index is 13.9. The lowest BCUT2D eigenvalue weighted by molar-refractivity contribution is -0.112. The van der Waals surface area contributed by atoms with Gasteiger partial charge in [0, 0.05) is 16.5 Å². The Bertz CT molecular complexity index is 1430. The molecular weight excluding hydrogens is 477 g/mol. The van der Waals surface area contributed by atoms with Crippen LogP contribution in [0.5, 0.6) is 11.5 Å². The Hall–Kier alpha value is -4.48. The fraction of sp³-hybridized carbons (Fsp3) is 0.107. The molecule has 0 saturated carbocycles. The molecule has 180 valence electrons. The van der Waals surface area contributed by atoms with Crippen LogP contribution in [0.4, 0.5) is 9.52 Å². The van der Waals surface area contributed by atoms with Crippen LogP contribution >= 0.6 is 11.3 Å². The van der Waals surface area contributed by atoms with Gasteiger partial charge in [0.1, 0.15) is 24.1 Å². The van der Waals surface area contributed by atoms with E-state index in [4.69, 9.17) is 9.47 Å². The first-order valence-electron chi connectivity index (χ1n) is 11.1. The Morgan fingerprint density at radius 3 is 2.61 bits per heavy atom. The van der Waals surface area contributed by atoms with Crippen LogP contribution in [0, 0.1) is 17.1 Å². The molecule has 0 atom stereocenters. The first-order chi connectivity index (χ1) is 17.6. The molecule has 0 bridgehead atoms. The predicted octanol–water partition coefficient (Wildman–Crippen LogP) is 6.47. The molecule has 1 heterocycles. The van der Waals surface area contributed by atoms with E-state index in [0.717, 1.165) is 11.3 Å². The van der Waals surface area contributed by atoms with Gasteiger partial charge in [0.15, 0.2) is 16.6 Å². The van der Waals surface area contributed by atoms with E-state index in [1.807, 2.05) is 48.7 Å². The Morgan fingerprint density at radius 2 is 1.86 bits per heavy atom. The lowest BCUT2D eigenvalue weighted by atomic mass is 10.1. The predicted molar refractivity (Wildman–Crippen MR) is 138 cm³/mol. The standard InChI is InChI=1S/C28H22FN3O3S/c1-2-34-26-15-19(12-13-25(26)35-17-21-10-6-7-11-23(21)29)14-22(16-30)27(33)32-28-31-24(18-36-28)20-8-4-3-5-9-20/h3-15,18H,2,17H2,1H3,(H,31,32,33). The van der Waals surface area contributed by atoms with Gasteiger partial charge in [-0.15, -0.1) is 11.3 Å². The second-order valence-electron chi connectivity index (χ2n) is 7.55. The van der Waals surface area contributed by atoms with Gasteiger partial charge in [-0.05, 0) is 36.8 Å². The van der Waals surface area contributed by atoms with Crippen molar-refractivity contribution in [3.63, 3.8) is 0 Å². The Morgan fingerprint density at radius 1 is 1.08 bits per heavy atom. The van der Waals surface area contributed by atoms with Gasteiger partial charge >= 0.3 is 0 Å². The van der Waals surface area contributed by atoms with Crippen LogP contribution in [-0.4, -0.2) is 17.5 Å². The molecule has 1 amide bonds. The number of halogens is 1. The fourth-order valence-electron chi connectivity index (χ4n) is 3.33. The van der Waals surface area contributed by atoms with Crippen molar-refractivity contribution in [2.24, 2.45) is 0 Å². The minimum absolute atomic E-state index is 0.0343. The summed E-state index contributed by atoms with van der Waals surface area (Å²) in [6.45, 7) is 2.24. The number of amides is 1. The van der Waals surface area contributed by atoms with Crippen LogP contribution in [0.25, 0.3) is 17.3 Å². The van der Waals surface area contributed by atoms with Crippen LogP contribution in [0.15, 0.2) is 83.7 Å². The van der Waals surface area contributed by atoms with E-state index in [-0.39, 0.29) is 18.0 Å². The number of anilines is 1. The highest BCUT2D eigenvalue weighted by atomic mass is 32.1. The third-order valence-corrected chi connectivity index (χ3v) is 5.84. The van der Waals surface area contributed by atoms with E-state index < -0.39 is 5.91 Å². The number of hydrogen-bond acceptors (Lipinski definition) is 6. The van der Waals surface area contributed by atoms with Crippen LogP contribution in [0.3, 0.4) is 0 Å². The smallest absolute Gasteiger partial charge is 0.268 e. The highest BCUT2D eigenvalue weighted by Crippen LogP contribution is 2.31. The molecule has 0 unspecified atom stereocenters. The SMILES string of the molecule is CCOc1cc(C=C(C#N)C(=O)Nc2nc(-c3ccccc3)cs2)ccc1OCc1ccccc1F. The lowest BCUT2D eigenvalue weighted by Crippen LogP contribution is -2.13. The largest absolute Gasteiger partial charge is 0.490 e. The molecule has 4 rings (SSSR count). The molecule has 6 nitrogen and oxygen atoms in total. The van der Waals surface area contributed by atoms with Crippen LogP contribution in [0.2, 0.25) is 0 Å². The molecule has 0 aliphatic heterocycles. The van der Waals surface area contributed by atoms with Crippen molar-refractivity contribution in [2.75, 3.05) is 11.9 Å². The van der Waals surface area contributed by atoms with Crippen LogP contribution in [-0.2, 0) is 11.4 Å². The van der Waals surface area contributed by atoms with Crippen molar-refractivity contribution in [3.05, 3.63) is 101 Å². The number of nitrogens with one attached hydrogen (secondary N) is 1. The number of nitrogens with zero attached hydrogens (tertiary/aromatic N) is 2. The third-order valence-electron chi connectivity index (χ3n) is 5.08. The fourth-order valence-corrected chi connectivity index (χ4v) is 4.04. The zero-order valence-corrected chi connectivity index (χ0v) is 20.2. The molecule has 0 aliphatic carbocycles. The van der Waals surface area contributed by atoms with Gasteiger partial charge < -0.3 is 9.47 Å². The number of aromatic nitrogens is 1. The van der Waals surface area contributed by atoms with Crippen LogP contribution in [0.1, 0.15) is 18.1 Å². The minimum atomic E-state index is -0.565. The summed E-state index contributed by atoms with van der Waals surface area (Å²) >= 11 is 1.28. The maximum Gasteiger partial charge on any atom is 0.268 e. The summed E-state index contributed by atoms with van der Waals surface area (Å²) in [5, 5.41) is 14.5. The average Bonchev–Trinajstić information content (AvgIpc) is 3.36. The first kappa shape index (κ1) is 24.6. The summed E-state index contributed by atoms with van der Waals surface area (Å²) in [7, 11) is 0. The number of carbonyl (C=O) groups is 1. The summed E-state index contributed by atoms with van der Waals surface area (Å²) < 4.78 is 25.4. The highest BCUT2D eigenvalue weighted by Gasteiger charge is 2.14.